The third kappa shape index (κ3) is 6.48. The first-order chi connectivity index (χ1) is 13.4. The highest BCUT2D eigenvalue weighted by molar-refractivity contribution is 9.10. The maximum atomic E-state index is 13.2. The van der Waals surface area contributed by atoms with Gasteiger partial charge in [-0.05, 0) is 49.1 Å². The van der Waals surface area contributed by atoms with E-state index in [-0.39, 0.29) is 18.2 Å². The van der Waals surface area contributed by atoms with Crippen molar-refractivity contribution < 1.29 is 9.59 Å². The van der Waals surface area contributed by atoms with E-state index in [1.807, 2.05) is 55.5 Å². The van der Waals surface area contributed by atoms with Gasteiger partial charge in [0.2, 0.25) is 11.8 Å². The number of nitrogens with one attached hydrogen (secondary N) is 1. The van der Waals surface area contributed by atoms with E-state index in [9.17, 15) is 9.59 Å². The molecule has 0 saturated carbocycles. The summed E-state index contributed by atoms with van der Waals surface area (Å²) in [5.41, 5.74) is 3.06. The largest absolute Gasteiger partial charge is 0.354 e. The molecule has 28 heavy (non-hydrogen) atoms. The zero-order valence-corrected chi connectivity index (χ0v) is 18.5. The van der Waals surface area contributed by atoms with Crippen LogP contribution in [0.5, 0.6) is 0 Å². The minimum atomic E-state index is -0.535. The lowest BCUT2D eigenvalue weighted by Gasteiger charge is -2.29. The highest BCUT2D eigenvalue weighted by Crippen LogP contribution is 2.17. The van der Waals surface area contributed by atoms with Crippen LogP contribution in [0, 0.1) is 6.92 Å². The van der Waals surface area contributed by atoms with Gasteiger partial charge in [0.15, 0.2) is 0 Å². The van der Waals surface area contributed by atoms with Crippen molar-refractivity contribution in [1.82, 2.24) is 10.2 Å². The molecular weight excluding hydrogens is 416 g/mol. The summed E-state index contributed by atoms with van der Waals surface area (Å²) in [6, 6.07) is 15.2. The molecule has 0 spiro atoms. The number of hydrogen-bond donors (Lipinski definition) is 1. The average molecular weight is 445 g/mol. The number of aryl methyl sites for hydroxylation is 1. The highest BCUT2D eigenvalue weighted by atomic mass is 79.9. The Morgan fingerprint density at radius 3 is 2.57 bits per heavy atom. The lowest BCUT2D eigenvalue weighted by atomic mass is 10.0. The molecule has 0 radical (unpaired) electrons. The van der Waals surface area contributed by atoms with Crippen LogP contribution in [0.15, 0.2) is 53.0 Å². The second kappa shape index (κ2) is 11.0. The second-order valence-electron chi connectivity index (χ2n) is 7.08. The summed E-state index contributed by atoms with van der Waals surface area (Å²) < 4.78 is 0.955. The van der Waals surface area contributed by atoms with Crippen molar-refractivity contribution in [3.05, 3.63) is 69.7 Å². The van der Waals surface area contributed by atoms with Crippen molar-refractivity contribution in [2.45, 2.75) is 52.6 Å². The Bertz CT molecular complexity index is 807. The number of amides is 2. The second-order valence-corrected chi connectivity index (χ2v) is 7.99. The maximum Gasteiger partial charge on any atom is 0.242 e. The molecule has 0 aliphatic carbocycles. The number of hydrogen-bond acceptors (Lipinski definition) is 2. The van der Waals surface area contributed by atoms with Crippen molar-refractivity contribution >= 4 is 27.7 Å². The van der Waals surface area contributed by atoms with E-state index in [4.69, 9.17) is 0 Å². The van der Waals surface area contributed by atoms with Crippen molar-refractivity contribution in [2.24, 2.45) is 0 Å². The van der Waals surface area contributed by atoms with Crippen LogP contribution in [0.1, 0.15) is 43.4 Å². The number of nitrogens with zero attached hydrogens (tertiary/aromatic N) is 1. The van der Waals surface area contributed by atoms with E-state index in [0.717, 1.165) is 34.0 Å². The van der Waals surface area contributed by atoms with Gasteiger partial charge in [-0.2, -0.15) is 0 Å². The first-order valence-electron chi connectivity index (χ1n) is 9.78. The van der Waals surface area contributed by atoms with Crippen molar-refractivity contribution in [3.8, 4) is 0 Å². The average Bonchev–Trinajstić information content (AvgIpc) is 2.67. The molecule has 4 nitrogen and oxygen atoms in total. The summed E-state index contributed by atoms with van der Waals surface area (Å²) in [5, 5.41) is 2.95. The molecule has 0 fully saturated rings. The fraction of sp³-hybridized carbons (Fsp3) is 0.391. The Morgan fingerprint density at radius 2 is 1.89 bits per heavy atom. The number of unbranched alkanes of at least 4 members (excludes halogenated alkanes) is 1. The zero-order chi connectivity index (χ0) is 20.5. The first-order valence-corrected chi connectivity index (χ1v) is 10.6. The van der Waals surface area contributed by atoms with Gasteiger partial charge in [0.05, 0.1) is 6.42 Å². The highest BCUT2D eigenvalue weighted by Gasteiger charge is 2.26. The smallest absolute Gasteiger partial charge is 0.242 e. The fourth-order valence-electron chi connectivity index (χ4n) is 3.02. The van der Waals surface area contributed by atoms with Gasteiger partial charge in [0, 0.05) is 17.6 Å². The minimum absolute atomic E-state index is 0.0487. The number of carbonyl (C=O) groups excluding carboxylic acids is 2. The van der Waals surface area contributed by atoms with E-state index in [1.54, 1.807) is 11.8 Å². The summed E-state index contributed by atoms with van der Waals surface area (Å²) in [6.45, 7) is 6.92. The Hall–Kier alpha value is -2.14. The van der Waals surface area contributed by atoms with Crippen LogP contribution >= 0.6 is 15.9 Å². The summed E-state index contributed by atoms with van der Waals surface area (Å²) in [5.74, 6) is -0.158. The van der Waals surface area contributed by atoms with Crippen molar-refractivity contribution in [2.75, 3.05) is 6.54 Å². The van der Waals surface area contributed by atoms with Gasteiger partial charge in [-0.3, -0.25) is 9.59 Å². The molecule has 2 rings (SSSR count). The van der Waals surface area contributed by atoms with Crippen LogP contribution in [-0.4, -0.2) is 29.3 Å². The molecule has 2 aromatic carbocycles. The van der Waals surface area contributed by atoms with Gasteiger partial charge in [0.1, 0.15) is 6.04 Å². The molecule has 1 atom stereocenters. The molecular formula is C23H29BrN2O2. The van der Waals surface area contributed by atoms with Gasteiger partial charge < -0.3 is 10.2 Å². The van der Waals surface area contributed by atoms with E-state index in [1.165, 1.54) is 0 Å². The van der Waals surface area contributed by atoms with E-state index in [0.29, 0.717) is 13.1 Å². The van der Waals surface area contributed by atoms with Crippen LogP contribution in [0.25, 0.3) is 0 Å². The molecule has 1 unspecified atom stereocenters. The topological polar surface area (TPSA) is 49.4 Å². The normalized spacial score (nSPS) is 11.7. The van der Waals surface area contributed by atoms with E-state index in [2.05, 4.69) is 28.2 Å². The Labute approximate surface area is 176 Å². The summed E-state index contributed by atoms with van der Waals surface area (Å²) in [6.07, 6.45) is 2.23. The lowest BCUT2D eigenvalue weighted by Crippen LogP contribution is -2.48. The summed E-state index contributed by atoms with van der Waals surface area (Å²) in [7, 11) is 0. The molecule has 2 aromatic rings. The van der Waals surface area contributed by atoms with Gasteiger partial charge in [0.25, 0.3) is 0 Å². The molecule has 0 aliphatic rings. The van der Waals surface area contributed by atoms with Crippen LogP contribution in [0.4, 0.5) is 0 Å². The Kier molecular flexibility index (Phi) is 8.71. The Balaban J connectivity index is 2.20. The number of benzene rings is 2. The molecule has 0 heterocycles. The third-order valence-corrected chi connectivity index (χ3v) is 5.33. The van der Waals surface area contributed by atoms with Gasteiger partial charge in [-0.1, -0.05) is 65.7 Å². The SMILES string of the molecule is CCCCNC(=O)C(C)N(Cc1cccc(Br)c1)C(=O)Cc1ccccc1C. The monoisotopic (exact) mass is 444 g/mol. The van der Waals surface area contributed by atoms with Crippen LogP contribution < -0.4 is 5.32 Å². The Morgan fingerprint density at radius 1 is 1.14 bits per heavy atom. The molecule has 0 bridgehead atoms. The van der Waals surface area contributed by atoms with Gasteiger partial charge >= 0.3 is 0 Å². The molecule has 0 aliphatic heterocycles. The van der Waals surface area contributed by atoms with Crippen molar-refractivity contribution in [1.29, 1.82) is 0 Å². The fourth-order valence-corrected chi connectivity index (χ4v) is 3.47. The predicted octanol–water partition coefficient (Wildman–Crippen LogP) is 4.63. The predicted molar refractivity (Wildman–Crippen MR) is 117 cm³/mol. The quantitative estimate of drug-likeness (QED) is 0.572. The number of halogens is 1. The summed E-state index contributed by atoms with van der Waals surface area (Å²) >= 11 is 3.48. The van der Waals surface area contributed by atoms with E-state index >= 15 is 0 Å². The van der Waals surface area contributed by atoms with Crippen LogP contribution in [0.3, 0.4) is 0 Å². The molecule has 0 saturated heterocycles. The minimum Gasteiger partial charge on any atom is -0.354 e. The maximum absolute atomic E-state index is 13.2. The van der Waals surface area contributed by atoms with Crippen LogP contribution in [0.2, 0.25) is 0 Å². The first kappa shape index (κ1) is 22.2. The lowest BCUT2D eigenvalue weighted by molar-refractivity contribution is -0.140. The molecule has 0 aromatic heterocycles. The number of rotatable bonds is 9. The molecule has 5 heteroatoms. The number of carbonyl (C=O) groups is 2. The molecule has 150 valence electrons. The molecule has 1 N–H and O–H groups in total. The third-order valence-electron chi connectivity index (χ3n) is 4.84. The van der Waals surface area contributed by atoms with Gasteiger partial charge in [-0.25, -0.2) is 0 Å². The molecule has 2 amide bonds. The standard InChI is InChI=1S/C23H29BrN2O2/c1-4-5-13-25-23(28)18(3)26(16-19-10-8-12-21(24)14-19)22(27)15-20-11-7-6-9-17(20)2/h6-12,14,18H,4-5,13,15-16H2,1-3H3,(H,25,28). The van der Waals surface area contributed by atoms with E-state index < -0.39 is 6.04 Å². The summed E-state index contributed by atoms with van der Waals surface area (Å²) in [4.78, 5) is 27.5. The van der Waals surface area contributed by atoms with Crippen molar-refractivity contribution in [3.63, 3.8) is 0 Å². The zero-order valence-electron chi connectivity index (χ0n) is 16.9. The van der Waals surface area contributed by atoms with Gasteiger partial charge in [-0.15, -0.1) is 0 Å². The van der Waals surface area contributed by atoms with Crippen LogP contribution in [-0.2, 0) is 22.6 Å².